The molecule has 2 aliphatic rings. The average Bonchev–Trinajstić information content (AvgIpc) is 3.15. The quantitative estimate of drug-likeness (QED) is 0.682. The maximum absolute atomic E-state index is 13.6. The first kappa shape index (κ1) is 21.7. The molecule has 11 heteroatoms. The monoisotopic (exact) mass is 453 g/mol. The van der Waals surface area contributed by atoms with E-state index in [0.717, 1.165) is 5.69 Å². The fraction of sp³-hybridized carbons (Fsp3) is 0.600. The molecule has 2 aromatic rings. The van der Waals surface area contributed by atoms with Crippen LogP contribution >= 0.6 is 11.3 Å². The van der Waals surface area contributed by atoms with Gasteiger partial charge in [0.15, 0.2) is 10.8 Å². The van der Waals surface area contributed by atoms with Gasteiger partial charge >= 0.3 is 6.09 Å². The molecule has 0 N–H and O–H groups in total. The Balaban J connectivity index is 1.54. The van der Waals surface area contributed by atoms with Crippen LogP contribution in [0, 0.1) is 6.92 Å². The maximum atomic E-state index is 13.6. The van der Waals surface area contributed by atoms with E-state index in [0.29, 0.717) is 48.5 Å². The third kappa shape index (κ3) is 4.86. The van der Waals surface area contributed by atoms with Crippen LogP contribution in [-0.4, -0.2) is 71.3 Å². The van der Waals surface area contributed by atoms with Gasteiger partial charge in [-0.1, -0.05) is 0 Å². The number of aromatic nitrogens is 3. The lowest BCUT2D eigenvalue weighted by Gasteiger charge is -2.37. The number of halogens is 2. The van der Waals surface area contributed by atoms with Gasteiger partial charge in [-0.25, -0.2) is 23.5 Å². The van der Waals surface area contributed by atoms with E-state index in [9.17, 15) is 13.6 Å². The molecule has 2 aromatic heterocycles. The van der Waals surface area contributed by atoms with Crippen molar-refractivity contribution in [3.8, 4) is 16.7 Å². The highest BCUT2D eigenvalue weighted by atomic mass is 32.1. The minimum Gasteiger partial charge on any atom is -0.470 e. The molecule has 0 aromatic carbocycles. The Morgan fingerprint density at radius 3 is 2.58 bits per heavy atom. The van der Waals surface area contributed by atoms with Gasteiger partial charge in [0.25, 0.3) is 0 Å². The van der Waals surface area contributed by atoms with Crippen molar-refractivity contribution in [3.63, 3.8) is 0 Å². The van der Waals surface area contributed by atoms with Gasteiger partial charge in [-0.15, -0.1) is 11.3 Å². The molecule has 31 heavy (non-hydrogen) atoms. The lowest BCUT2D eigenvalue weighted by molar-refractivity contribution is -0.0378. The average molecular weight is 454 g/mol. The highest BCUT2D eigenvalue weighted by Crippen LogP contribution is 2.36. The Morgan fingerprint density at radius 2 is 1.97 bits per heavy atom. The van der Waals surface area contributed by atoms with Gasteiger partial charge in [0.1, 0.15) is 11.9 Å². The fourth-order valence-corrected chi connectivity index (χ4v) is 4.50. The second-order valence-electron chi connectivity index (χ2n) is 7.99. The van der Waals surface area contributed by atoms with Crippen LogP contribution in [0.4, 0.5) is 19.4 Å². The van der Waals surface area contributed by atoms with Crippen molar-refractivity contribution in [2.75, 3.05) is 32.1 Å². The molecule has 1 amide bonds. The van der Waals surface area contributed by atoms with Crippen LogP contribution in [-0.2, 0) is 4.74 Å². The number of thiazole rings is 1. The van der Waals surface area contributed by atoms with Crippen molar-refractivity contribution in [2.45, 2.75) is 50.7 Å². The molecule has 0 unspecified atom stereocenters. The number of likely N-dealkylation sites (tertiary alicyclic amines) is 1. The summed E-state index contributed by atoms with van der Waals surface area (Å²) < 4.78 is 37.9. The maximum Gasteiger partial charge on any atom is 0.409 e. The van der Waals surface area contributed by atoms with Crippen molar-refractivity contribution in [3.05, 3.63) is 17.1 Å². The molecule has 1 aliphatic carbocycles. The zero-order chi connectivity index (χ0) is 22.2. The van der Waals surface area contributed by atoms with Crippen molar-refractivity contribution in [1.29, 1.82) is 0 Å². The summed E-state index contributed by atoms with van der Waals surface area (Å²) in [7, 11) is 3.20. The Kier molecular flexibility index (Phi) is 5.96. The van der Waals surface area contributed by atoms with Crippen LogP contribution in [0.5, 0.6) is 5.88 Å². The number of methoxy groups -OCH3 is 1. The van der Waals surface area contributed by atoms with E-state index in [2.05, 4.69) is 15.0 Å². The number of rotatable bonds is 5. The summed E-state index contributed by atoms with van der Waals surface area (Å²) >= 11 is 1.43. The Morgan fingerprint density at radius 1 is 1.26 bits per heavy atom. The Labute approximate surface area is 183 Å². The predicted molar refractivity (Wildman–Crippen MR) is 112 cm³/mol. The molecular formula is C20H25F2N5O3S. The molecule has 8 nitrogen and oxygen atoms in total. The molecule has 1 aliphatic heterocycles. The number of aryl methyl sites for hydroxylation is 1. The van der Waals surface area contributed by atoms with Crippen LogP contribution in [0.25, 0.3) is 10.8 Å². The zero-order valence-electron chi connectivity index (χ0n) is 17.7. The van der Waals surface area contributed by atoms with Crippen LogP contribution in [0.15, 0.2) is 11.4 Å². The molecule has 1 saturated carbocycles. The first-order chi connectivity index (χ1) is 14.7. The topological polar surface area (TPSA) is 80.7 Å². The van der Waals surface area contributed by atoms with E-state index >= 15 is 0 Å². The molecule has 168 valence electrons. The van der Waals surface area contributed by atoms with Gasteiger partial charge < -0.3 is 19.3 Å². The number of alkyl halides is 2. The Bertz CT molecular complexity index is 941. The second kappa shape index (κ2) is 8.52. The number of nitrogens with zero attached hydrogens (tertiary/aromatic N) is 5. The number of amides is 1. The van der Waals surface area contributed by atoms with E-state index in [1.807, 2.05) is 24.3 Å². The summed E-state index contributed by atoms with van der Waals surface area (Å²) in [6, 6.07) is 1.68. The summed E-state index contributed by atoms with van der Waals surface area (Å²) in [5.74, 6) is -1.18. The predicted octanol–water partition coefficient (Wildman–Crippen LogP) is 3.75. The van der Waals surface area contributed by atoms with Gasteiger partial charge in [-0.2, -0.15) is 4.98 Å². The van der Waals surface area contributed by atoms with Crippen LogP contribution in [0.3, 0.4) is 0 Å². The van der Waals surface area contributed by atoms with Gasteiger partial charge in [-0.05, 0) is 19.8 Å². The second-order valence-corrected chi connectivity index (χ2v) is 8.85. The molecule has 3 heterocycles. The summed E-state index contributed by atoms with van der Waals surface area (Å²) in [5.41, 5.74) is 0.868. The molecule has 0 atom stereocenters. The van der Waals surface area contributed by atoms with Crippen LogP contribution < -0.4 is 9.64 Å². The van der Waals surface area contributed by atoms with Crippen molar-refractivity contribution >= 4 is 23.2 Å². The Hall–Kier alpha value is -2.56. The minimum absolute atomic E-state index is 0.0354. The lowest BCUT2D eigenvalue weighted by atomic mass is 9.91. The van der Waals surface area contributed by atoms with E-state index < -0.39 is 12.0 Å². The van der Waals surface area contributed by atoms with E-state index in [1.54, 1.807) is 6.07 Å². The standard InChI is InChI=1S/C20H25F2N5O3S/c1-12-11-31-18(23-12)17-24-15(26(2)13-4-6-20(21,22)7-5-13)8-16(25-17)30-14-9-27(10-14)19(28)29-3/h8,11,13-14H,4-7,9-10H2,1-3H3. The molecule has 1 saturated heterocycles. The number of carbonyl (C=O) groups is 1. The summed E-state index contributed by atoms with van der Waals surface area (Å²) in [5, 5.41) is 2.58. The van der Waals surface area contributed by atoms with E-state index in [4.69, 9.17) is 9.47 Å². The number of ether oxygens (including phenoxy) is 2. The first-order valence-corrected chi connectivity index (χ1v) is 11.0. The van der Waals surface area contributed by atoms with Crippen molar-refractivity contribution in [2.24, 2.45) is 0 Å². The normalized spacial score (nSPS) is 19.1. The number of anilines is 1. The van der Waals surface area contributed by atoms with Gasteiger partial charge in [0.05, 0.1) is 20.2 Å². The highest BCUT2D eigenvalue weighted by molar-refractivity contribution is 7.13. The van der Waals surface area contributed by atoms with Crippen LogP contribution in [0.1, 0.15) is 31.4 Å². The zero-order valence-corrected chi connectivity index (χ0v) is 18.5. The molecule has 2 fully saturated rings. The molecule has 0 bridgehead atoms. The highest BCUT2D eigenvalue weighted by Gasteiger charge is 2.37. The third-order valence-corrected chi connectivity index (χ3v) is 6.62. The van der Waals surface area contributed by atoms with Crippen LogP contribution in [0.2, 0.25) is 0 Å². The third-order valence-electron chi connectivity index (χ3n) is 5.66. The summed E-state index contributed by atoms with van der Waals surface area (Å²) in [6.45, 7) is 2.71. The molecule has 0 radical (unpaired) electrons. The summed E-state index contributed by atoms with van der Waals surface area (Å²) in [4.78, 5) is 28.6. The van der Waals surface area contributed by atoms with Gasteiger partial charge in [0, 0.05) is 43.1 Å². The summed E-state index contributed by atoms with van der Waals surface area (Å²) in [6.07, 6.45) is -0.0543. The smallest absolute Gasteiger partial charge is 0.409 e. The number of carbonyl (C=O) groups excluding carboxylic acids is 1. The number of hydrogen-bond donors (Lipinski definition) is 0. The van der Waals surface area contributed by atoms with Gasteiger partial charge in [-0.3, -0.25) is 0 Å². The van der Waals surface area contributed by atoms with Crippen molar-refractivity contribution in [1.82, 2.24) is 19.9 Å². The van der Waals surface area contributed by atoms with E-state index in [-0.39, 0.29) is 25.0 Å². The van der Waals surface area contributed by atoms with Crippen molar-refractivity contribution < 1.29 is 23.0 Å². The SMILES string of the molecule is COC(=O)N1CC(Oc2cc(N(C)C3CCC(F)(F)CC3)nc(-c3nc(C)cs3)n2)C1. The largest absolute Gasteiger partial charge is 0.470 e. The van der Waals surface area contributed by atoms with E-state index in [1.165, 1.54) is 23.3 Å². The molecule has 0 spiro atoms. The fourth-order valence-electron chi connectivity index (χ4n) is 3.77. The van der Waals surface area contributed by atoms with Gasteiger partial charge in [0.2, 0.25) is 11.8 Å². The molecule has 4 rings (SSSR count). The molecular weight excluding hydrogens is 428 g/mol. The lowest BCUT2D eigenvalue weighted by Crippen LogP contribution is -2.56. The number of hydrogen-bond acceptors (Lipinski definition) is 8. The first-order valence-electron chi connectivity index (χ1n) is 10.2. The minimum atomic E-state index is -2.59.